The van der Waals surface area contributed by atoms with Crippen molar-refractivity contribution in [2.45, 2.75) is 26.4 Å². The summed E-state index contributed by atoms with van der Waals surface area (Å²) in [6, 6.07) is 15.1. The van der Waals surface area contributed by atoms with Crippen molar-refractivity contribution in [1.82, 2.24) is 20.5 Å². The molecule has 6 nitrogen and oxygen atoms in total. The molecular weight excluding hydrogens is 386 g/mol. The first-order valence-electron chi connectivity index (χ1n) is 11.1. The number of nitrogens with one attached hydrogen (secondary N) is 3. The molecule has 0 spiro atoms. The lowest BCUT2D eigenvalue weighted by molar-refractivity contribution is 0.0341. The first-order chi connectivity index (χ1) is 15.2. The first kappa shape index (κ1) is 21.4. The third-order valence-corrected chi connectivity index (χ3v) is 5.98. The predicted octanol–water partition coefficient (Wildman–Crippen LogP) is 3.22. The van der Waals surface area contributed by atoms with Gasteiger partial charge in [0.2, 0.25) is 0 Å². The van der Waals surface area contributed by atoms with Gasteiger partial charge >= 0.3 is 0 Å². The number of ether oxygens (including phenoxy) is 1. The fraction of sp³-hybridized carbons (Fsp3) is 0.400. The highest BCUT2D eigenvalue weighted by molar-refractivity contribution is 5.86. The molecule has 6 heteroatoms. The minimum absolute atomic E-state index is 0.756. The van der Waals surface area contributed by atoms with Gasteiger partial charge in [-0.1, -0.05) is 42.5 Å². The highest BCUT2D eigenvalue weighted by atomic mass is 16.5. The van der Waals surface area contributed by atoms with Crippen molar-refractivity contribution in [3.05, 3.63) is 70.9 Å². The standard InChI is InChI=1S/C25H33N5O/c1-19-6-5-9-23-21(17-28-24(19)23)10-11-27-25(26-2)29-16-20-7-3-4-8-22(20)18-30-12-14-31-15-13-30/h3-9,17,28H,10-16,18H2,1-2H3,(H2,26,27,29). The fourth-order valence-corrected chi connectivity index (χ4v) is 4.17. The van der Waals surface area contributed by atoms with Crippen molar-refractivity contribution in [2.24, 2.45) is 4.99 Å². The third kappa shape index (κ3) is 5.46. The third-order valence-electron chi connectivity index (χ3n) is 5.98. The van der Waals surface area contributed by atoms with Crippen molar-refractivity contribution in [1.29, 1.82) is 0 Å². The van der Waals surface area contributed by atoms with E-state index >= 15 is 0 Å². The smallest absolute Gasteiger partial charge is 0.191 e. The van der Waals surface area contributed by atoms with Crippen LogP contribution in [0.4, 0.5) is 0 Å². The van der Waals surface area contributed by atoms with E-state index < -0.39 is 0 Å². The number of aromatic amines is 1. The van der Waals surface area contributed by atoms with Gasteiger partial charge in [0.05, 0.1) is 13.2 Å². The molecule has 31 heavy (non-hydrogen) atoms. The molecule has 0 bridgehead atoms. The zero-order chi connectivity index (χ0) is 21.5. The van der Waals surface area contributed by atoms with Crippen LogP contribution in [0.1, 0.15) is 22.3 Å². The first-order valence-corrected chi connectivity index (χ1v) is 11.1. The highest BCUT2D eigenvalue weighted by Crippen LogP contribution is 2.21. The summed E-state index contributed by atoms with van der Waals surface area (Å²) in [5.74, 6) is 0.831. The van der Waals surface area contributed by atoms with Crippen LogP contribution < -0.4 is 10.6 Å². The molecule has 0 atom stereocenters. The maximum atomic E-state index is 5.47. The van der Waals surface area contributed by atoms with Gasteiger partial charge in [0.25, 0.3) is 0 Å². The van der Waals surface area contributed by atoms with Gasteiger partial charge in [-0.05, 0) is 35.6 Å². The molecule has 1 saturated heterocycles. The van der Waals surface area contributed by atoms with E-state index in [2.05, 4.69) is 81.1 Å². The van der Waals surface area contributed by atoms with Crippen LogP contribution in [0.5, 0.6) is 0 Å². The van der Waals surface area contributed by atoms with E-state index in [1.807, 2.05) is 7.05 Å². The van der Waals surface area contributed by atoms with Gasteiger partial charge in [-0.15, -0.1) is 0 Å². The maximum Gasteiger partial charge on any atom is 0.191 e. The molecule has 1 aromatic heterocycles. The number of benzene rings is 2. The predicted molar refractivity (Wildman–Crippen MR) is 127 cm³/mol. The van der Waals surface area contributed by atoms with Crippen LogP contribution in [0.25, 0.3) is 10.9 Å². The highest BCUT2D eigenvalue weighted by Gasteiger charge is 2.13. The Balaban J connectivity index is 1.30. The number of guanidine groups is 1. The van der Waals surface area contributed by atoms with E-state index in [9.17, 15) is 0 Å². The van der Waals surface area contributed by atoms with Gasteiger partial charge in [-0.3, -0.25) is 9.89 Å². The van der Waals surface area contributed by atoms with Crippen LogP contribution >= 0.6 is 0 Å². The van der Waals surface area contributed by atoms with E-state index in [0.29, 0.717) is 0 Å². The molecule has 1 aliphatic rings. The topological polar surface area (TPSA) is 64.7 Å². The lowest BCUT2D eigenvalue weighted by atomic mass is 10.1. The Morgan fingerprint density at radius 1 is 1.03 bits per heavy atom. The number of nitrogens with zero attached hydrogens (tertiary/aromatic N) is 2. The fourth-order valence-electron chi connectivity index (χ4n) is 4.17. The van der Waals surface area contributed by atoms with Crippen LogP contribution in [0.3, 0.4) is 0 Å². The minimum atomic E-state index is 0.756. The molecule has 0 unspecified atom stereocenters. The number of hydrogen-bond acceptors (Lipinski definition) is 3. The molecule has 0 aliphatic carbocycles. The zero-order valence-corrected chi connectivity index (χ0v) is 18.6. The quantitative estimate of drug-likeness (QED) is 0.406. The van der Waals surface area contributed by atoms with Crippen molar-refractivity contribution in [3.8, 4) is 0 Å². The number of aryl methyl sites for hydroxylation is 1. The van der Waals surface area contributed by atoms with E-state index in [-0.39, 0.29) is 0 Å². The Morgan fingerprint density at radius 2 is 1.84 bits per heavy atom. The molecule has 2 aromatic carbocycles. The monoisotopic (exact) mass is 419 g/mol. The van der Waals surface area contributed by atoms with Gasteiger partial charge in [0, 0.05) is 56.9 Å². The molecule has 4 rings (SSSR count). The van der Waals surface area contributed by atoms with Crippen molar-refractivity contribution in [3.63, 3.8) is 0 Å². The van der Waals surface area contributed by atoms with E-state index in [1.54, 1.807) is 0 Å². The van der Waals surface area contributed by atoms with E-state index in [4.69, 9.17) is 4.74 Å². The molecule has 3 N–H and O–H groups in total. The summed E-state index contributed by atoms with van der Waals surface area (Å²) in [5.41, 5.74) is 6.52. The number of H-pyrrole nitrogens is 1. The maximum absolute atomic E-state index is 5.47. The van der Waals surface area contributed by atoms with Crippen LogP contribution in [0, 0.1) is 6.92 Å². The molecule has 0 radical (unpaired) electrons. The molecule has 164 valence electrons. The number of fused-ring (bicyclic) bond motifs is 1. The van der Waals surface area contributed by atoms with Crippen LogP contribution in [0.15, 0.2) is 53.7 Å². The van der Waals surface area contributed by atoms with Gasteiger partial charge < -0.3 is 20.4 Å². The Bertz CT molecular complexity index is 1020. The summed E-state index contributed by atoms with van der Waals surface area (Å²) in [6.45, 7) is 8.34. The summed E-state index contributed by atoms with van der Waals surface area (Å²) in [7, 11) is 1.82. The zero-order valence-electron chi connectivity index (χ0n) is 18.6. The molecule has 0 amide bonds. The number of rotatable bonds is 7. The second-order valence-corrected chi connectivity index (χ2v) is 8.07. The number of para-hydroxylation sites is 1. The Morgan fingerprint density at radius 3 is 2.65 bits per heavy atom. The largest absolute Gasteiger partial charge is 0.379 e. The Labute approximate surface area is 184 Å². The average molecular weight is 420 g/mol. The molecule has 1 aliphatic heterocycles. The normalized spacial score (nSPS) is 15.4. The molecule has 3 aromatic rings. The summed E-state index contributed by atoms with van der Waals surface area (Å²) in [5, 5.41) is 8.24. The molecular formula is C25H33N5O. The molecule has 1 fully saturated rings. The summed E-state index contributed by atoms with van der Waals surface area (Å²) < 4.78 is 5.47. The van der Waals surface area contributed by atoms with Crippen LogP contribution in [-0.4, -0.2) is 55.7 Å². The van der Waals surface area contributed by atoms with Crippen LogP contribution in [0.2, 0.25) is 0 Å². The van der Waals surface area contributed by atoms with Crippen molar-refractivity contribution in [2.75, 3.05) is 39.9 Å². The second-order valence-electron chi connectivity index (χ2n) is 8.07. The lowest BCUT2D eigenvalue weighted by Crippen LogP contribution is -2.38. The number of aliphatic imine (C=N–C) groups is 1. The Hall–Kier alpha value is -2.83. The average Bonchev–Trinajstić information content (AvgIpc) is 3.22. The van der Waals surface area contributed by atoms with E-state index in [0.717, 1.165) is 58.3 Å². The summed E-state index contributed by atoms with van der Waals surface area (Å²) in [4.78, 5) is 10.3. The van der Waals surface area contributed by atoms with E-state index in [1.165, 1.54) is 33.2 Å². The number of aromatic nitrogens is 1. The minimum Gasteiger partial charge on any atom is -0.379 e. The number of morpholine rings is 1. The van der Waals surface area contributed by atoms with Crippen LogP contribution in [-0.2, 0) is 24.2 Å². The van der Waals surface area contributed by atoms with Gasteiger partial charge in [0.15, 0.2) is 5.96 Å². The lowest BCUT2D eigenvalue weighted by Gasteiger charge is -2.27. The Kier molecular flexibility index (Phi) is 7.22. The van der Waals surface area contributed by atoms with Crippen molar-refractivity contribution >= 4 is 16.9 Å². The van der Waals surface area contributed by atoms with Crippen molar-refractivity contribution < 1.29 is 4.74 Å². The molecule has 0 saturated carbocycles. The SMILES string of the molecule is CN=C(NCCc1c[nH]c2c(C)cccc12)NCc1ccccc1CN1CCOCC1. The molecule has 2 heterocycles. The number of hydrogen-bond donors (Lipinski definition) is 3. The van der Waals surface area contributed by atoms with Gasteiger partial charge in [0.1, 0.15) is 0 Å². The second kappa shape index (κ2) is 10.5. The summed E-state index contributed by atoms with van der Waals surface area (Å²) >= 11 is 0. The van der Waals surface area contributed by atoms with Gasteiger partial charge in [-0.25, -0.2) is 0 Å². The summed E-state index contributed by atoms with van der Waals surface area (Å²) in [6.07, 6.45) is 3.06. The van der Waals surface area contributed by atoms with Gasteiger partial charge in [-0.2, -0.15) is 0 Å².